The lowest BCUT2D eigenvalue weighted by Gasteiger charge is -2.44. The smallest absolute Gasteiger partial charge is 0.321 e. The van der Waals surface area contributed by atoms with Crippen LogP contribution in [0, 0.1) is 0 Å². The summed E-state index contributed by atoms with van der Waals surface area (Å²) in [5.41, 5.74) is 5.30. The molecular formula is C22H38N2O18. The number of carboxylic acids is 1. The molecule has 42 heavy (non-hydrogen) atoms. The Kier molecular flexibility index (Phi) is 12.3. The molecular weight excluding hydrogens is 580 g/mol. The van der Waals surface area contributed by atoms with E-state index in [4.69, 9.17) is 34.5 Å². The lowest BCUT2D eigenvalue weighted by Crippen LogP contribution is -2.64. The second kappa shape index (κ2) is 14.9. The number of ether oxygens (including phenoxy) is 5. The third-order valence-corrected chi connectivity index (χ3v) is 7.10. The van der Waals surface area contributed by atoms with Crippen LogP contribution in [0.25, 0.3) is 0 Å². The number of nitrogens with one attached hydrogen (secondary N) is 1. The van der Waals surface area contributed by atoms with Crippen LogP contribution in [-0.2, 0) is 33.3 Å². The van der Waals surface area contributed by atoms with Gasteiger partial charge in [0.1, 0.15) is 79.3 Å². The number of carbonyl (C=O) groups is 2. The Hall–Kier alpha value is -1.70. The highest BCUT2D eigenvalue weighted by atomic mass is 16.7. The summed E-state index contributed by atoms with van der Waals surface area (Å²) in [5.74, 6) is -2.42. The summed E-state index contributed by atoms with van der Waals surface area (Å²) < 4.78 is 26.7. The fourth-order valence-corrected chi connectivity index (χ4v) is 4.49. The molecule has 0 aromatic heterocycles. The number of amides is 1. The summed E-state index contributed by atoms with van der Waals surface area (Å²) >= 11 is 0. The van der Waals surface area contributed by atoms with Crippen molar-refractivity contribution in [1.82, 2.24) is 5.32 Å². The Morgan fingerprint density at radius 1 is 0.667 bits per heavy atom. The Morgan fingerprint density at radius 3 is 1.57 bits per heavy atom. The number of aliphatic hydroxyl groups is 10. The van der Waals surface area contributed by atoms with Crippen LogP contribution in [0.3, 0.4) is 0 Å². The van der Waals surface area contributed by atoms with Gasteiger partial charge in [-0.15, -0.1) is 0 Å². The number of hydrogen-bond acceptors (Lipinski definition) is 18. The van der Waals surface area contributed by atoms with Gasteiger partial charge >= 0.3 is 5.97 Å². The van der Waals surface area contributed by atoms with Crippen LogP contribution in [-0.4, -0.2) is 186 Å². The molecule has 3 aliphatic rings. The molecule has 3 saturated heterocycles. The maximum absolute atomic E-state index is 12.1. The summed E-state index contributed by atoms with van der Waals surface area (Å²) in [6, 6.07) is -1.57. The van der Waals surface area contributed by atoms with Crippen molar-refractivity contribution in [3.05, 3.63) is 0 Å². The molecule has 0 aromatic carbocycles. The predicted molar refractivity (Wildman–Crippen MR) is 127 cm³/mol. The van der Waals surface area contributed by atoms with E-state index in [9.17, 15) is 60.7 Å². The molecule has 0 bridgehead atoms. The van der Waals surface area contributed by atoms with Gasteiger partial charge in [0, 0.05) is 0 Å². The molecule has 3 fully saturated rings. The van der Waals surface area contributed by atoms with E-state index in [2.05, 4.69) is 5.32 Å². The van der Waals surface area contributed by atoms with E-state index in [1.807, 2.05) is 0 Å². The van der Waals surface area contributed by atoms with Gasteiger partial charge in [-0.3, -0.25) is 9.59 Å². The molecule has 0 aliphatic carbocycles. The highest BCUT2D eigenvalue weighted by Crippen LogP contribution is 2.27. The van der Waals surface area contributed by atoms with Crippen LogP contribution in [0.5, 0.6) is 0 Å². The van der Waals surface area contributed by atoms with Crippen molar-refractivity contribution in [2.45, 2.75) is 105 Å². The second-order valence-corrected chi connectivity index (χ2v) is 10.2. The maximum Gasteiger partial charge on any atom is 0.321 e. The number of rotatable bonds is 11. The van der Waals surface area contributed by atoms with Gasteiger partial charge in [-0.2, -0.15) is 0 Å². The third-order valence-electron chi connectivity index (χ3n) is 7.10. The summed E-state index contributed by atoms with van der Waals surface area (Å²) in [7, 11) is 0. The quantitative estimate of drug-likeness (QED) is 0.102. The number of aliphatic carboxylic acids is 1. The maximum atomic E-state index is 12.1. The van der Waals surface area contributed by atoms with Gasteiger partial charge in [0.2, 0.25) is 5.91 Å². The molecule has 20 nitrogen and oxygen atoms in total. The molecule has 0 aromatic rings. The zero-order valence-corrected chi connectivity index (χ0v) is 21.9. The molecule has 1 amide bonds. The van der Waals surface area contributed by atoms with Crippen molar-refractivity contribution in [3.8, 4) is 0 Å². The molecule has 3 rings (SSSR count). The minimum Gasteiger partial charge on any atom is -0.480 e. The fraction of sp³-hybridized carbons (Fsp3) is 0.909. The van der Waals surface area contributed by atoms with Crippen molar-refractivity contribution in [2.24, 2.45) is 5.73 Å². The van der Waals surface area contributed by atoms with Gasteiger partial charge in [-0.05, 0) is 0 Å². The van der Waals surface area contributed by atoms with Crippen LogP contribution >= 0.6 is 0 Å². The zero-order valence-electron chi connectivity index (χ0n) is 21.9. The summed E-state index contributed by atoms with van der Waals surface area (Å²) in [4.78, 5) is 22.9. The van der Waals surface area contributed by atoms with Crippen molar-refractivity contribution < 1.29 is 89.4 Å². The van der Waals surface area contributed by atoms with Gasteiger partial charge in [0.25, 0.3) is 0 Å². The molecule has 0 radical (unpaired) electrons. The third kappa shape index (κ3) is 7.87. The first-order valence-electron chi connectivity index (χ1n) is 12.9. The van der Waals surface area contributed by atoms with E-state index >= 15 is 0 Å². The van der Waals surface area contributed by atoms with E-state index in [-0.39, 0.29) is 0 Å². The van der Waals surface area contributed by atoms with Crippen molar-refractivity contribution in [3.63, 3.8) is 0 Å². The van der Waals surface area contributed by atoms with E-state index in [0.29, 0.717) is 0 Å². The second-order valence-electron chi connectivity index (χ2n) is 10.2. The molecule has 0 saturated carbocycles. The van der Waals surface area contributed by atoms with E-state index in [1.54, 1.807) is 0 Å². The lowest BCUT2D eigenvalue weighted by atomic mass is 9.97. The average Bonchev–Trinajstić information content (AvgIpc) is 2.95. The van der Waals surface area contributed by atoms with Gasteiger partial charge in [0.15, 0.2) is 18.8 Å². The Balaban J connectivity index is 1.60. The average molecular weight is 619 g/mol. The lowest BCUT2D eigenvalue weighted by molar-refractivity contribution is -0.336. The predicted octanol–water partition coefficient (Wildman–Crippen LogP) is -8.65. The van der Waals surface area contributed by atoms with Gasteiger partial charge in [-0.1, -0.05) is 0 Å². The van der Waals surface area contributed by atoms with Gasteiger partial charge < -0.3 is 90.9 Å². The van der Waals surface area contributed by atoms with E-state index in [1.165, 1.54) is 0 Å². The first-order chi connectivity index (χ1) is 19.7. The molecule has 3 heterocycles. The molecule has 16 atom stereocenters. The van der Waals surface area contributed by atoms with E-state index < -0.39 is 136 Å². The fourth-order valence-electron chi connectivity index (χ4n) is 4.49. The number of nitrogens with two attached hydrogens (primary N) is 1. The summed E-state index contributed by atoms with van der Waals surface area (Å²) in [6.07, 6.45) is -26.1. The van der Waals surface area contributed by atoms with Gasteiger partial charge in [0.05, 0.1) is 26.2 Å². The number of aliphatic hydroxyl groups excluding tert-OH is 10. The Labute approximate surface area is 237 Å². The van der Waals surface area contributed by atoms with Crippen molar-refractivity contribution in [1.29, 1.82) is 0 Å². The number of carboxylic acid groups (broad SMARTS) is 1. The molecule has 14 N–H and O–H groups in total. The zero-order chi connectivity index (χ0) is 31.5. The summed E-state index contributed by atoms with van der Waals surface area (Å²) in [6.45, 7) is -2.04. The minimum atomic E-state index is -1.88. The van der Waals surface area contributed by atoms with Crippen LogP contribution in [0.1, 0.15) is 6.42 Å². The van der Waals surface area contributed by atoms with Crippen LogP contribution in [0.2, 0.25) is 0 Å². The molecule has 244 valence electrons. The highest BCUT2D eigenvalue weighted by molar-refractivity contribution is 5.84. The molecule has 0 spiro atoms. The highest BCUT2D eigenvalue weighted by Gasteiger charge is 2.49. The molecule has 16 unspecified atom stereocenters. The molecule has 20 heteroatoms. The van der Waals surface area contributed by atoms with Crippen molar-refractivity contribution in [2.75, 3.05) is 19.8 Å². The number of carbonyl (C=O) groups excluding carboxylic acids is 1. The normalized spacial score (nSPS) is 45.3. The summed E-state index contributed by atoms with van der Waals surface area (Å²) in [5, 5.41) is 112. The first kappa shape index (κ1) is 34.8. The monoisotopic (exact) mass is 618 g/mol. The SMILES string of the molecule is NC(CC(=O)NC1OC(COC2OC(COC3OC(CO)C(O)C(O)C3O)C(O)C(O)C2O)C(O)C(O)C1O)C(=O)O. The van der Waals surface area contributed by atoms with Crippen molar-refractivity contribution >= 4 is 11.9 Å². The standard InChI is InChI=1S/C22H38N2O18/c23-5(20(36)37)1-9(26)24-19-16(33)13(30)11(28)7(40-19)3-38-22-18(35)15(32)12(29)8(42-22)4-39-21-17(34)14(31)10(27)6(2-25)41-21/h5-8,10-19,21-22,25,27-35H,1-4,23H2,(H,24,26)(H,36,37). The topological polar surface area (TPSA) is 341 Å². The Bertz CT molecular complexity index is 899. The van der Waals surface area contributed by atoms with Gasteiger partial charge in [-0.25, -0.2) is 0 Å². The van der Waals surface area contributed by atoms with Crippen LogP contribution < -0.4 is 11.1 Å². The Morgan fingerprint density at radius 2 is 1.10 bits per heavy atom. The first-order valence-corrected chi connectivity index (χ1v) is 12.9. The van der Waals surface area contributed by atoms with Crippen LogP contribution in [0.15, 0.2) is 0 Å². The number of hydrogen-bond donors (Lipinski definition) is 13. The minimum absolute atomic E-state index is 0.631. The van der Waals surface area contributed by atoms with E-state index in [0.717, 1.165) is 0 Å². The largest absolute Gasteiger partial charge is 0.480 e. The van der Waals surface area contributed by atoms with Crippen LogP contribution in [0.4, 0.5) is 0 Å². The molecule has 3 aliphatic heterocycles.